The molecule has 0 radical (unpaired) electrons. The van der Waals surface area contributed by atoms with Crippen molar-refractivity contribution in [2.75, 3.05) is 17.3 Å². The number of fused-ring (bicyclic) bond motifs is 1. The van der Waals surface area contributed by atoms with E-state index in [9.17, 15) is 4.79 Å². The number of carbonyl (C=O) groups excluding carboxylic acids is 1. The Morgan fingerprint density at radius 1 is 1.59 bits per heavy atom. The Morgan fingerprint density at radius 2 is 2.41 bits per heavy atom. The van der Waals surface area contributed by atoms with E-state index in [4.69, 9.17) is 4.74 Å². The number of benzene rings is 1. The zero-order valence-corrected chi connectivity index (χ0v) is 11.6. The summed E-state index contributed by atoms with van der Waals surface area (Å²) < 4.78 is 6.41. The summed E-state index contributed by atoms with van der Waals surface area (Å²) in [6, 6.07) is 5.70. The Morgan fingerprint density at radius 3 is 3.12 bits per heavy atom. The van der Waals surface area contributed by atoms with E-state index in [0.717, 1.165) is 16.0 Å². The lowest BCUT2D eigenvalue weighted by Gasteiger charge is -2.00. The number of halogens is 1. The van der Waals surface area contributed by atoms with E-state index in [1.807, 2.05) is 25.1 Å². The highest BCUT2D eigenvalue weighted by molar-refractivity contribution is 9.09. The van der Waals surface area contributed by atoms with Crippen LogP contribution in [-0.2, 0) is 4.79 Å². The molecule has 0 saturated heterocycles. The molecule has 0 atom stereocenters. The Bertz CT molecular complexity index is 541. The topological polar surface area (TPSA) is 51.2 Å². The lowest BCUT2D eigenvalue weighted by Crippen LogP contribution is -2.11. The van der Waals surface area contributed by atoms with Gasteiger partial charge in [-0.2, -0.15) is 0 Å². The van der Waals surface area contributed by atoms with Gasteiger partial charge in [-0.3, -0.25) is 4.79 Å². The number of aromatic nitrogens is 1. The first-order valence-corrected chi connectivity index (χ1v) is 7.06. The largest absolute Gasteiger partial charge is 0.494 e. The van der Waals surface area contributed by atoms with E-state index < -0.39 is 0 Å². The summed E-state index contributed by atoms with van der Waals surface area (Å²) in [4.78, 5) is 15.5. The molecule has 1 N–H and O–H groups in total. The molecule has 0 unspecified atom stereocenters. The van der Waals surface area contributed by atoms with Gasteiger partial charge in [0.2, 0.25) is 5.91 Å². The first kappa shape index (κ1) is 12.3. The van der Waals surface area contributed by atoms with Crippen LogP contribution in [0.4, 0.5) is 5.13 Å². The minimum Gasteiger partial charge on any atom is -0.494 e. The van der Waals surface area contributed by atoms with Crippen molar-refractivity contribution in [3.8, 4) is 5.75 Å². The average Bonchev–Trinajstić information content (AvgIpc) is 2.70. The maximum Gasteiger partial charge on any atom is 0.236 e. The van der Waals surface area contributed by atoms with Crippen LogP contribution in [0.1, 0.15) is 6.92 Å². The summed E-state index contributed by atoms with van der Waals surface area (Å²) in [5.74, 6) is 0.719. The van der Waals surface area contributed by atoms with E-state index in [0.29, 0.717) is 11.7 Å². The van der Waals surface area contributed by atoms with Crippen LogP contribution in [0.3, 0.4) is 0 Å². The van der Waals surface area contributed by atoms with Crippen LogP contribution in [-0.4, -0.2) is 22.8 Å². The molecule has 0 aliphatic rings. The van der Waals surface area contributed by atoms with Gasteiger partial charge in [-0.15, -0.1) is 0 Å². The van der Waals surface area contributed by atoms with E-state index in [2.05, 4.69) is 26.2 Å². The molecule has 0 spiro atoms. The van der Waals surface area contributed by atoms with Gasteiger partial charge in [0.15, 0.2) is 5.13 Å². The van der Waals surface area contributed by atoms with Crippen LogP contribution in [0.2, 0.25) is 0 Å². The first-order valence-electron chi connectivity index (χ1n) is 5.12. The lowest BCUT2D eigenvalue weighted by molar-refractivity contribution is -0.113. The Balaban J connectivity index is 2.27. The summed E-state index contributed by atoms with van der Waals surface area (Å²) in [5, 5.41) is 3.59. The number of hydrogen-bond acceptors (Lipinski definition) is 4. The molecule has 0 fully saturated rings. The van der Waals surface area contributed by atoms with Crippen molar-refractivity contribution in [2.45, 2.75) is 6.92 Å². The van der Waals surface area contributed by atoms with Crippen LogP contribution in [0.5, 0.6) is 5.75 Å². The number of anilines is 1. The predicted molar refractivity (Wildman–Crippen MR) is 73.2 cm³/mol. The molecule has 2 aromatic rings. The number of carbonyl (C=O) groups is 1. The van der Waals surface area contributed by atoms with Crippen molar-refractivity contribution in [3.05, 3.63) is 18.2 Å². The van der Waals surface area contributed by atoms with Gasteiger partial charge < -0.3 is 10.1 Å². The third-order valence-electron chi connectivity index (χ3n) is 2.04. The molecule has 1 aromatic heterocycles. The second-order valence-electron chi connectivity index (χ2n) is 3.26. The van der Waals surface area contributed by atoms with Crippen LogP contribution >= 0.6 is 27.3 Å². The van der Waals surface area contributed by atoms with Crippen molar-refractivity contribution in [1.82, 2.24) is 4.98 Å². The summed E-state index contributed by atoms with van der Waals surface area (Å²) in [5.41, 5.74) is 0.864. The highest BCUT2D eigenvalue weighted by Crippen LogP contribution is 2.29. The number of nitrogens with zero attached hydrogens (tertiary/aromatic N) is 1. The van der Waals surface area contributed by atoms with Gasteiger partial charge in [0.1, 0.15) is 5.75 Å². The molecule has 0 aliphatic heterocycles. The average molecular weight is 315 g/mol. The fourth-order valence-corrected chi connectivity index (χ4v) is 2.42. The Hall–Kier alpha value is -1.14. The molecular weight excluding hydrogens is 304 g/mol. The first-order chi connectivity index (χ1) is 8.22. The molecule has 0 bridgehead atoms. The van der Waals surface area contributed by atoms with Crippen molar-refractivity contribution in [3.63, 3.8) is 0 Å². The Kier molecular flexibility index (Phi) is 3.96. The maximum atomic E-state index is 11.2. The van der Waals surface area contributed by atoms with Crippen molar-refractivity contribution >= 4 is 48.5 Å². The van der Waals surface area contributed by atoms with Gasteiger partial charge in [0.05, 0.1) is 22.2 Å². The zero-order chi connectivity index (χ0) is 12.3. The summed E-state index contributed by atoms with van der Waals surface area (Å²) in [6.45, 7) is 2.58. The quantitative estimate of drug-likeness (QED) is 0.882. The monoisotopic (exact) mass is 314 g/mol. The molecular formula is C11H11BrN2O2S. The van der Waals surface area contributed by atoms with Gasteiger partial charge in [-0.25, -0.2) is 4.98 Å². The molecule has 6 heteroatoms. The minimum atomic E-state index is -0.103. The van der Waals surface area contributed by atoms with E-state index >= 15 is 0 Å². The normalized spacial score (nSPS) is 10.5. The van der Waals surface area contributed by atoms with Gasteiger partial charge in [-0.05, 0) is 25.1 Å². The molecule has 4 nitrogen and oxygen atoms in total. The van der Waals surface area contributed by atoms with E-state index in [1.54, 1.807) is 0 Å². The van der Waals surface area contributed by atoms with Crippen LogP contribution in [0.15, 0.2) is 18.2 Å². The lowest BCUT2D eigenvalue weighted by atomic mass is 10.3. The van der Waals surface area contributed by atoms with Gasteiger partial charge in [0, 0.05) is 0 Å². The molecule has 90 valence electrons. The summed E-state index contributed by atoms with van der Waals surface area (Å²) in [6.07, 6.45) is 0. The van der Waals surface area contributed by atoms with Gasteiger partial charge in [0.25, 0.3) is 0 Å². The highest BCUT2D eigenvalue weighted by Gasteiger charge is 2.07. The molecule has 0 aliphatic carbocycles. The molecule has 1 heterocycles. The van der Waals surface area contributed by atoms with Crippen LogP contribution in [0, 0.1) is 0 Å². The van der Waals surface area contributed by atoms with Crippen molar-refractivity contribution in [2.24, 2.45) is 0 Å². The summed E-state index contributed by atoms with van der Waals surface area (Å²) >= 11 is 4.53. The molecule has 1 amide bonds. The fourth-order valence-electron chi connectivity index (χ4n) is 1.37. The third-order valence-corrected chi connectivity index (χ3v) is 3.48. The standard InChI is InChI=1S/C11H11BrN2O2S/c1-2-16-7-3-4-8-9(5-7)17-11(13-8)14-10(15)6-12/h3-5H,2,6H2,1H3,(H,13,14,15). The van der Waals surface area contributed by atoms with Crippen molar-refractivity contribution < 1.29 is 9.53 Å². The third kappa shape index (κ3) is 2.95. The number of thiazole rings is 1. The SMILES string of the molecule is CCOc1ccc2nc(NC(=O)CBr)sc2c1. The smallest absolute Gasteiger partial charge is 0.236 e. The molecule has 17 heavy (non-hydrogen) atoms. The highest BCUT2D eigenvalue weighted by atomic mass is 79.9. The van der Waals surface area contributed by atoms with Gasteiger partial charge >= 0.3 is 0 Å². The van der Waals surface area contributed by atoms with E-state index in [-0.39, 0.29) is 11.2 Å². The van der Waals surface area contributed by atoms with Crippen LogP contribution < -0.4 is 10.1 Å². The number of alkyl halides is 1. The molecule has 1 aromatic carbocycles. The predicted octanol–water partition coefficient (Wildman–Crippen LogP) is 3.03. The molecule has 2 rings (SSSR count). The second-order valence-corrected chi connectivity index (χ2v) is 4.85. The maximum absolute atomic E-state index is 11.2. The number of nitrogens with one attached hydrogen (secondary N) is 1. The number of hydrogen-bond donors (Lipinski definition) is 1. The van der Waals surface area contributed by atoms with E-state index in [1.165, 1.54) is 11.3 Å². The number of ether oxygens (including phenoxy) is 1. The van der Waals surface area contributed by atoms with Crippen LogP contribution in [0.25, 0.3) is 10.2 Å². The summed E-state index contributed by atoms with van der Waals surface area (Å²) in [7, 11) is 0. The van der Waals surface area contributed by atoms with Crippen molar-refractivity contribution in [1.29, 1.82) is 0 Å². The second kappa shape index (κ2) is 5.46. The Labute approximate surface area is 111 Å². The minimum absolute atomic E-state index is 0.103. The zero-order valence-electron chi connectivity index (χ0n) is 9.20. The molecule has 0 saturated carbocycles. The fraction of sp³-hybridized carbons (Fsp3) is 0.273. The number of amides is 1. The number of rotatable bonds is 4. The van der Waals surface area contributed by atoms with Gasteiger partial charge in [-0.1, -0.05) is 27.3 Å².